The van der Waals surface area contributed by atoms with Gasteiger partial charge in [-0.05, 0) is 19.4 Å². The molecule has 8 N–H and O–H groups in total. The Morgan fingerprint density at radius 3 is 1.97 bits per heavy atom. The van der Waals surface area contributed by atoms with E-state index in [0.717, 1.165) is 0 Å². The molecule has 164 valence electrons. The quantitative estimate of drug-likeness (QED) is 0.238. The topological polar surface area (TPSA) is 194 Å². The van der Waals surface area contributed by atoms with Gasteiger partial charge in [-0.15, -0.1) is 0 Å². The summed E-state index contributed by atoms with van der Waals surface area (Å²) in [7, 11) is 0. The van der Waals surface area contributed by atoms with E-state index >= 15 is 0 Å². The van der Waals surface area contributed by atoms with Gasteiger partial charge in [-0.25, -0.2) is 4.79 Å². The van der Waals surface area contributed by atoms with Gasteiger partial charge >= 0.3 is 5.97 Å². The van der Waals surface area contributed by atoms with Crippen LogP contribution in [0.1, 0.15) is 25.8 Å². The Kier molecular flexibility index (Phi) is 9.43. The molecule has 4 atom stereocenters. The number of carboxylic acid groups (broad SMARTS) is 1. The van der Waals surface area contributed by atoms with Crippen LogP contribution in [0, 0.1) is 0 Å². The minimum absolute atomic E-state index is 0.0509. The maximum absolute atomic E-state index is 12.7. The van der Waals surface area contributed by atoms with Crippen molar-refractivity contribution < 1.29 is 29.1 Å². The van der Waals surface area contributed by atoms with Gasteiger partial charge in [0.2, 0.25) is 23.6 Å². The van der Waals surface area contributed by atoms with Gasteiger partial charge in [0, 0.05) is 6.42 Å². The molecule has 0 aliphatic rings. The monoisotopic (exact) mass is 421 g/mol. The van der Waals surface area contributed by atoms with Gasteiger partial charge in [0.05, 0.1) is 12.5 Å². The number of nitrogens with two attached hydrogens (primary N) is 2. The number of carbonyl (C=O) groups is 5. The van der Waals surface area contributed by atoms with Crippen LogP contribution in [0.15, 0.2) is 30.3 Å². The number of amides is 4. The summed E-state index contributed by atoms with van der Waals surface area (Å²) in [6, 6.07) is 4.19. The molecule has 0 aromatic heterocycles. The third-order valence-electron chi connectivity index (χ3n) is 4.10. The predicted molar refractivity (Wildman–Crippen MR) is 107 cm³/mol. The number of nitrogens with one attached hydrogen (secondary N) is 3. The Morgan fingerprint density at radius 2 is 1.47 bits per heavy atom. The van der Waals surface area contributed by atoms with Gasteiger partial charge in [-0.1, -0.05) is 30.3 Å². The molecular weight excluding hydrogens is 394 g/mol. The summed E-state index contributed by atoms with van der Waals surface area (Å²) < 4.78 is 0. The van der Waals surface area contributed by atoms with Crippen LogP contribution < -0.4 is 27.4 Å². The average Bonchev–Trinajstić information content (AvgIpc) is 2.66. The summed E-state index contributed by atoms with van der Waals surface area (Å²) >= 11 is 0. The van der Waals surface area contributed by atoms with Crippen molar-refractivity contribution in [1.29, 1.82) is 0 Å². The molecular formula is C19H27N5O6. The first kappa shape index (κ1) is 24.6. The summed E-state index contributed by atoms with van der Waals surface area (Å²) in [5, 5.41) is 16.3. The van der Waals surface area contributed by atoms with Gasteiger partial charge in [0.15, 0.2) is 0 Å². The van der Waals surface area contributed by atoms with E-state index in [2.05, 4.69) is 16.0 Å². The average molecular weight is 421 g/mol. The van der Waals surface area contributed by atoms with Crippen LogP contribution in [0.2, 0.25) is 0 Å². The van der Waals surface area contributed by atoms with E-state index in [1.807, 2.05) is 0 Å². The van der Waals surface area contributed by atoms with Crippen LogP contribution in [0.5, 0.6) is 0 Å². The van der Waals surface area contributed by atoms with Crippen LogP contribution in [0.3, 0.4) is 0 Å². The van der Waals surface area contributed by atoms with Crippen molar-refractivity contribution in [3.63, 3.8) is 0 Å². The van der Waals surface area contributed by atoms with Crippen molar-refractivity contribution in [2.75, 3.05) is 0 Å². The molecule has 0 saturated carbocycles. The van der Waals surface area contributed by atoms with E-state index in [-0.39, 0.29) is 6.42 Å². The highest BCUT2D eigenvalue weighted by Gasteiger charge is 2.29. The lowest BCUT2D eigenvalue weighted by molar-refractivity contribution is -0.143. The Labute approximate surface area is 173 Å². The van der Waals surface area contributed by atoms with Crippen molar-refractivity contribution in [1.82, 2.24) is 16.0 Å². The second-order valence-corrected chi connectivity index (χ2v) is 6.84. The van der Waals surface area contributed by atoms with Gasteiger partial charge < -0.3 is 32.5 Å². The number of hydrogen-bond acceptors (Lipinski definition) is 6. The lowest BCUT2D eigenvalue weighted by atomic mass is 10.0. The zero-order valence-electron chi connectivity index (χ0n) is 16.8. The second-order valence-electron chi connectivity index (χ2n) is 6.84. The van der Waals surface area contributed by atoms with Gasteiger partial charge in [0.25, 0.3) is 0 Å². The van der Waals surface area contributed by atoms with Gasteiger partial charge in [-0.3, -0.25) is 19.2 Å². The van der Waals surface area contributed by atoms with Crippen LogP contribution in [-0.2, 0) is 30.4 Å². The highest BCUT2D eigenvalue weighted by molar-refractivity contribution is 5.94. The molecule has 1 aromatic rings. The molecule has 4 unspecified atom stereocenters. The van der Waals surface area contributed by atoms with E-state index in [1.54, 1.807) is 30.3 Å². The number of benzene rings is 1. The number of aliphatic carboxylic acids is 1. The fourth-order valence-corrected chi connectivity index (χ4v) is 2.44. The zero-order valence-corrected chi connectivity index (χ0v) is 16.8. The Balaban J connectivity index is 2.96. The molecule has 0 saturated heterocycles. The minimum atomic E-state index is -1.54. The SMILES string of the molecule is CC(N)C(=O)NC(C)C(=O)NC(Cc1ccccc1)C(=O)NC(CC(N)=O)C(=O)O. The van der Waals surface area contributed by atoms with Crippen LogP contribution in [0.4, 0.5) is 0 Å². The van der Waals surface area contributed by atoms with E-state index < -0.39 is 60.2 Å². The molecule has 1 rings (SSSR count). The molecule has 0 aliphatic heterocycles. The third-order valence-corrected chi connectivity index (χ3v) is 4.10. The molecule has 0 radical (unpaired) electrons. The lowest BCUT2D eigenvalue weighted by Crippen LogP contribution is -2.57. The molecule has 11 heteroatoms. The molecule has 0 bridgehead atoms. The molecule has 11 nitrogen and oxygen atoms in total. The van der Waals surface area contributed by atoms with E-state index in [9.17, 15) is 29.1 Å². The summed E-state index contributed by atoms with van der Waals surface area (Å²) in [6.45, 7) is 2.87. The number of hydrogen-bond donors (Lipinski definition) is 6. The number of rotatable bonds is 11. The number of carbonyl (C=O) groups excluding carboxylic acids is 4. The first-order valence-electron chi connectivity index (χ1n) is 9.23. The number of primary amides is 1. The summed E-state index contributed by atoms with van der Waals surface area (Å²) in [5.74, 6) is -4.37. The van der Waals surface area contributed by atoms with E-state index in [4.69, 9.17) is 11.5 Å². The highest BCUT2D eigenvalue weighted by Crippen LogP contribution is 2.05. The Bertz CT molecular complexity index is 783. The molecule has 30 heavy (non-hydrogen) atoms. The second kappa shape index (κ2) is 11.5. The molecule has 1 aromatic carbocycles. The van der Waals surface area contributed by atoms with Crippen molar-refractivity contribution in [2.45, 2.75) is 50.9 Å². The third kappa shape index (κ3) is 8.27. The fraction of sp³-hybridized carbons (Fsp3) is 0.421. The summed E-state index contributed by atoms with van der Waals surface area (Å²) in [5.41, 5.74) is 11.2. The number of carboxylic acids is 1. The van der Waals surface area contributed by atoms with Gasteiger partial charge in [-0.2, -0.15) is 0 Å². The normalized spacial score (nSPS) is 14.5. The van der Waals surface area contributed by atoms with Crippen LogP contribution in [0.25, 0.3) is 0 Å². The molecule has 4 amide bonds. The molecule has 0 heterocycles. The molecule has 0 fully saturated rings. The lowest BCUT2D eigenvalue weighted by Gasteiger charge is -2.23. The Morgan fingerprint density at radius 1 is 0.900 bits per heavy atom. The van der Waals surface area contributed by atoms with Crippen molar-refractivity contribution >= 4 is 29.6 Å². The van der Waals surface area contributed by atoms with Gasteiger partial charge in [0.1, 0.15) is 18.1 Å². The van der Waals surface area contributed by atoms with Crippen LogP contribution >= 0.6 is 0 Å². The van der Waals surface area contributed by atoms with Crippen LogP contribution in [-0.4, -0.2) is 58.9 Å². The fourth-order valence-electron chi connectivity index (χ4n) is 2.44. The Hall–Kier alpha value is -3.47. The maximum atomic E-state index is 12.7. The van der Waals surface area contributed by atoms with Crippen molar-refractivity contribution in [3.05, 3.63) is 35.9 Å². The first-order chi connectivity index (χ1) is 14.0. The largest absolute Gasteiger partial charge is 0.480 e. The first-order valence-corrected chi connectivity index (χ1v) is 9.23. The maximum Gasteiger partial charge on any atom is 0.326 e. The highest BCUT2D eigenvalue weighted by atomic mass is 16.4. The summed E-state index contributed by atoms with van der Waals surface area (Å²) in [4.78, 5) is 59.2. The summed E-state index contributed by atoms with van der Waals surface area (Å²) in [6.07, 6.45) is -0.552. The van der Waals surface area contributed by atoms with Crippen molar-refractivity contribution in [2.24, 2.45) is 11.5 Å². The minimum Gasteiger partial charge on any atom is -0.480 e. The van der Waals surface area contributed by atoms with Crippen molar-refractivity contribution in [3.8, 4) is 0 Å². The molecule has 0 aliphatic carbocycles. The van der Waals surface area contributed by atoms with E-state index in [0.29, 0.717) is 5.56 Å². The molecule has 0 spiro atoms. The smallest absolute Gasteiger partial charge is 0.326 e. The predicted octanol–water partition coefficient (Wildman–Crippen LogP) is -1.99. The standard InChI is InChI=1S/C19H27N5O6/c1-10(20)16(26)22-11(2)17(27)23-13(8-12-6-4-3-5-7-12)18(28)24-14(19(29)30)9-15(21)25/h3-7,10-11,13-14H,8-9,20H2,1-2H3,(H2,21,25)(H,22,26)(H,23,27)(H,24,28)(H,29,30). The zero-order chi connectivity index (χ0) is 22.8. The van der Waals surface area contributed by atoms with E-state index in [1.165, 1.54) is 13.8 Å².